The van der Waals surface area contributed by atoms with Crippen LogP contribution in [-0.2, 0) is 4.79 Å². The fourth-order valence-corrected chi connectivity index (χ4v) is 3.31. The first-order valence-corrected chi connectivity index (χ1v) is 8.03. The lowest BCUT2D eigenvalue weighted by atomic mass is 9.63. The Labute approximate surface area is 161 Å². The van der Waals surface area contributed by atoms with Crippen LogP contribution in [0.15, 0.2) is 29.5 Å². The lowest BCUT2D eigenvalue weighted by Gasteiger charge is -2.31. The molecule has 9 heteroatoms. The van der Waals surface area contributed by atoms with Gasteiger partial charge in [-0.1, -0.05) is 0 Å². The Kier molecular flexibility index (Phi) is 5.29. The van der Waals surface area contributed by atoms with Gasteiger partial charge >= 0.3 is 0 Å². The molecule has 1 aromatic rings. The molecule has 0 aromatic heterocycles. The van der Waals surface area contributed by atoms with Gasteiger partial charge in [0.2, 0.25) is 5.91 Å². The van der Waals surface area contributed by atoms with Crippen LogP contribution < -0.4 is 20.9 Å². The summed E-state index contributed by atoms with van der Waals surface area (Å²) in [6, 6.07) is 9.77. The molecule has 0 fully saturated rings. The monoisotopic (exact) mass is 379 g/mol. The minimum absolute atomic E-state index is 0.164. The maximum atomic E-state index is 12.9. The predicted molar refractivity (Wildman–Crippen MR) is 95.2 cm³/mol. The van der Waals surface area contributed by atoms with Crippen LogP contribution in [0.5, 0.6) is 11.5 Å². The molecule has 0 bridgehead atoms. The Morgan fingerprint density at radius 1 is 1.11 bits per heavy atom. The molecule has 1 atom stereocenters. The van der Waals surface area contributed by atoms with Crippen molar-refractivity contribution in [2.24, 2.45) is 22.3 Å². The molecule has 0 unspecified atom stereocenters. The number of ether oxygens (including phenoxy) is 2. The molecule has 1 aliphatic rings. The highest BCUT2D eigenvalue weighted by Crippen LogP contribution is 2.56. The second-order valence-corrected chi connectivity index (χ2v) is 6.25. The van der Waals surface area contributed by atoms with Gasteiger partial charge in [-0.05, 0) is 18.2 Å². The highest BCUT2D eigenvalue weighted by Gasteiger charge is 2.62. The van der Waals surface area contributed by atoms with Gasteiger partial charge in [0.15, 0.2) is 22.7 Å². The molecule has 0 spiro atoms. The zero-order chi connectivity index (χ0) is 21.1. The van der Waals surface area contributed by atoms with E-state index in [0.29, 0.717) is 11.5 Å². The molecule has 1 amide bonds. The summed E-state index contributed by atoms with van der Waals surface area (Å²) in [4.78, 5) is 24.6. The standard InChI is InChI=1S/C19H17N5O4/c1-27-14-4-3-11(5-15(14)28-2)13(25)7-19(10-22)16(23)12(17(24)26)6-18(19,8-20)9-21/h3-5H,6-7,23H2,1-2H3,(H2,24,26)/t19-/m0/s1. The van der Waals surface area contributed by atoms with Crippen molar-refractivity contribution in [3.8, 4) is 29.7 Å². The Hall–Kier alpha value is -4.03. The molecule has 1 aliphatic carbocycles. The number of carbonyl (C=O) groups excluding carboxylic acids is 2. The summed E-state index contributed by atoms with van der Waals surface area (Å²) in [5.41, 5.74) is 6.90. The lowest BCUT2D eigenvalue weighted by molar-refractivity contribution is -0.114. The van der Waals surface area contributed by atoms with Gasteiger partial charge in [0.25, 0.3) is 0 Å². The first kappa shape index (κ1) is 20.3. The van der Waals surface area contributed by atoms with Crippen molar-refractivity contribution in [1.82, 2.24) is 0 Å². The molecule has 142 valence electrons. The average Bonchev–Trinajstić information content (AvgIpc) is 2.96. The zero-order valence-electron chi connectivity index (χ0n) is 15.3. The Morgan fingerprint density at radius 3 is 2.18 bits per heavy atom. The summed E-state index contributed by atoms with van der Waals surface area (Å²) < 4.78 is 10.3. The zero-order valence-corrected chi connectivity index (χ0v) is 15.3. The topological polar surface area (TPSA) is 176 Å². The molecule has 0 radical (unpaired) electrons. The molecule has 2 rings (SSSR count). The van der Waals surface area contributed by atoms with Gasteiger partial charge < -0.3 is 20.9 Å². The molecular weight excluding hydrogens is 362 g/mol. The maximum Gasteiger partial charge on any atom is 0.246 e. The van der Waals surface area contributed by atoms with Crippen LogP contribution in [-0.4, -0.2) is 25.9 Å². The van der Waals surface area contributed by atoms with E-state index in [1.807, 2.05) is 6.07 Å². The quantitative estimate of drug-likeness (QED) is 0.685. The molecule has 0 heterocycles. The minimum Gasteiger partial charge on any atom is -0.493 e. The summed E-state index contributed by atoms with van der Waals surface area (Å²) in [6.45, 7) is 0. The largest absolute Gasteiger partial charge is 0.493 e. The minimum atomic E-state index is -2.01. The van der Waals surface area contributed by atoms with Gasteiger partial charge in [0.05, 0.1) is 32.4 Å². The second-order valence-electron chi connectivity index (χ2n) is 6.25. The van der Waals surface area contributed by atoms with Crippen molar-refractivity contribution in [2.45, 2.75) is 12.8 Å². The lowest BCUT2D eigenvalue weighted by Crippen LogP contribution is -2.41. The fourth-order valence-electron chi connectivity index (χ4n) is 3.31. The predicted octanol–water partition coefficient (Wildman–Crippen LogP) is 0.922. The number of primary amides is 1. The number of benzene rings is 1. The van der Waals surface area contributed by atoms with Crippen LogP contribution in [0.25, 0.3) is 0 Å². The van der Waals surface area contributed by atoms with Crippen LogP contribution in [0.4, 0.5) is 0 Å². The Bertz CT molecular complexity index is 995. The van der Waals surface area contributed by atoms with Crippen LogP contribution >= 0.6 is 0 Å². The van der Waals surface area contributed by atoms with Crippen LogP contribution in [0.2, 0.25) is 0 Å². The summed E-state index contributed by atoms with van der Waals surface area (Å²) in [6.07, 6.45) is -1.00. The average molecular weight is 379 g/mol. The molecule has 28 heavy (non-hydrogen) atoms. The highest BCUT2D eigenvalue weighted by molar-refractivity contribution is 5.99. The SMILES string of the molecule is COc1ccc(C(=O)C[C@]2(C#N)C(N)=C(C(N)=O)CC2(C#N)C#N)cc1OC. The molecular formula is C19H17N5O4. The Morgan fingerprint density at radius 2 is 1.71 bits per heavy atom. The smallest absolute Gasteiger partial charge is 0.246 e. The number of amides is 1. The highest BCUT2D eigenvalue weighted by atomic mass is 16.5. The Balaban J connectivity index is 2.58. The molecule has 0 aliphatic heterocycles. The number of rotatable bonds is 6. The molecule has 0 saturated heterocycles. The van der Waals surface area contributed by atoms with Crippen molar-refractivity contribution in [3.63, 3.8) is 0 Å². The number of carbonyl (C=O) groups is 2. The molecule has 0 saturated carbocycles. The number of methoxy groups -OCH3 is 2. The van der Waals surface area contributed by atoms with Gasteiger partial charge in [-0.3, -0.25) is 9.59 Å². The van der Waals surface area contributed by atoms with E-state index in [-0.39, 0.29) is 16.8 Å². The summed E-state index contributed by atoms with van der Waals surface area (Å²) in [7, 11) is 2.84. The second kappa shape index (κ2) is 7.30. The van der Waals surface area contributed by atoms with Crippen molar-refractivity contribution in [3.05, 3.63) is 35.0 Å². The van der Waals surface area contributed by atoms with E-state index in [4.69, 9.17) is 20.9 Å². The van der Waals surface area contributed by atoms with E-state index >= 15 is 0 Å². The van der Waals surface area contributed by atoms with Gasteiger partial charge in [0, 0.05) is 29.7 Å². The van der Waals surface area contributed by atoms with E-state index in [2.05, 4.69) is 0 Å². The molecule has 4 N–H and O–H groups in total. The van der Waals surface area contributed by atoms with E-state index in [9.17, 15) is 25.4 Å². The number of allylic oxidation sites excluding steroid dienone is 1. The summed E-state index contributed by atoms with van der Waals surface area (Å²) >= 11 is 0. The van der Waals surface area contributed by atoms with Crippen LogP contribution in [0.1, 0.15) is 23.2 Å². The van der Waals surface area contributed by atoms with Gasteiger partial charge in [-0.15, -0.1) is 0 Å². The van der Waals surface area contributed by atoms with E-state index < -0.39 is 35.4 Å². The van der Waals surface area contributed by atoms with E-state index in [0.717, 1.165) is 0 Å². The van der Waals surface area contributed by atoms with Gasteiger partial charge in [0.1, 0.15) is 5.41 Å². The van der Waals surface area contributed by atoms with E-state index in [1.54, 1.807) is 12.1 Å². The number of hydrogen-bond donors (Lipinski definition) is 2. The van der Waals surface area contributed by atoms with Crippen molar-refractivity contribution in [1.29, 1.82) is 15.8 Å². The number of hydrogen-bond acceptors (Lipinski definition) is 8. The third kappa shape index (κ3) is 2.78. The first-order valence-electron chi connectivity index (χ1n) is 8.03. The van der Waals surface area contributed by atoms with Gasteiger partial charge in [-0.2, -0.15) is 15.8 Å². The number of nitriles is 3. The van der Waals surface area contributed by atoms with Crippen molar-refractivity contribution < 1.29 is 19.1 Å². The summed E-state index contributed by atoms with van der Waals surface area (Å²) in [5, 5.41) is 29.1. The fraction of sp³-hybridized carbons (Fsp3) is 0.316. The summed E-state index contributed by atoms with van der Waals surface area (Å²) in [5.74, 6) is -0.818. The third-order valence-electron chi connectivity index (χ3n) is 4.96. The van der Waals surface area contributed by atoms with Crippen LogP contribution in [0.3, 0.4) is 0 Å². The van der Waals surface area contributed by atoms with Crippen molar-refractivity contribution in [2.75, 3.05) is 14.2 Å². The first-order chi connectivity index (χ1) is 13.3. The number of ketones is 1. The molecule has 9 nitrogen and oxygen atoms in total. The normalized spacial score (nSPS) is 19.8. The number of nitrogens with two attached hydrogens (primary N) is 2. The van der Waals surface area contributed by atoms with Crippen molar-refractivity contribution >= 4 is 11.7 Å². The van der Waals surface area contributed by atoms with Crippen LogP contribution in [0, 0.1) is 44.8 Å². The number of Topliss-reactive ketones (excluding diaryl/α,β-unsaturated/α-hetero) is 1. The third-order valence-corrected chi connectivity index (χ3v) is 4.96. The number of nitrogens with zero attached hydrogens (tertiary/aromatic N) is 3. The molecule has 1 aromatic carbocycles. The van der Waals surface area contributed by atoms with Gasteiger partial charge in [-0.25, -0.2) is 0 Å². The van der Waals surface area contributed by atoms with E-state index in [1.165, 1.54) is 32.4 Å². The maximum absolute atomic E-state index is 12.9.